The van der Waals surface area contributed by atoms with Crippen molar-refractivity contribution >= 4 is 60.0 Å². The molecule has 0 amide bonds. The fourth-order valence-electron chi connectivity index (χ4n) is 5.64. The number of hydrogen-bond acceptors (Lipinski definition) is 11. The van der Waals surface area contributed by atoms with E-state index in [2.05, 4.69) is 21.3 Å². The predicted molar refractivity (Wildman–Crippen MR) is 143 cm³/mol. The lowest BCUT2D eigenvalue weighted by molar-refractivity contribution is 0.0930. The van der Waals surface area contributed by atoms with Crippen molar-refractivity contribution in [2.24, 2.45) is 5.92 Å². The van der Waals surface area contributed by atoms with Gasteiger partial charge >= 0.3 is 0 Å². The minimum atomic E-state index is -3.57. The average Bonchev–Trinajstić information content (AvgIpc) is 3.51. The van der Waals surface area contributed by atoms with Gasteiger partial charge in [0.2, 0.25) is 5.95 Å². The molecule has 3 aromatic rings. The normalized spacial score (nSPS) is 25.1. The number of piperidine rings is 2. The van der Waals surface area contributed by atoms with Crippen LogP contribution in [0, 0.1) is 17.2 Å². The Labute approximate surface area is 223 Å². The van der Waals surface area contributed by atoms with Gasteiger partial charge in [0.1, 0.15) is 10.6 Å². The van der Waals surface area contributed by atoms with Crippen molar-refractivity contribution in [2.75, 3.05) is 30.4 Å². The van der Waals surface area contributed by atoms with E-state index in [-0.39, 0.29) is 30.7 Å². The number of aliphatic hydroxyl groups is 1. The molecular weight excluding hydrogens is 533 g/mol. The van der Waals surface area contributed by atoms with Gasteiger partial charge in [0, 0.05) is 44.5 Å². The fourth-order valence-corrected chi connectivity index (χ4v) is 9.21. The first-order valence-electron chi connectivity index (χ1n) is 12.4. The van der Waals surface area contributed by atoms with Gasteiger partial charge < -0.3 is 15.3 Å². The number of rotatable bonds is 7. The molecule has 11 nitrogen and oxygen atoms in total. The number of fused-ring (bicyclic) bond motifs is 3. The van der Waals surface area contributed by atoms with Gasteiger partial charge in [-0.1, -0.05) is 17.8 Å². The van der Waals surface area contributed by atoms with Crippen LogP contribution in [-0.2, 0) is 16.8 Å². The molecule has 3 aliphatic heterocycles. The highest BCUT2D eigenvalue weighted by atomic mass is 32.2. The van der Waals surface area contributed by atoms with Crippen LogP contribution in [0.1, 0.15) is 37.0 Å². The van der Waals surface area contributed by atoms with E-state index in [1.807, 2.05) is 18.5 Å². The number of anilines is 3. The smallest absolute Gasteiger partial charge is 0.282 e. The number of thiazole rings is 1. The fraction of sp³-hybridized carbons (Fsp3) is 0.565. The quantitative estimate of drug-likeness (QED) is 0.447. The highest BCUT2D eigenvalue weighted by molar-refractivity contribution is 7.86. The van der Waals surface area contributed by atoms with E-state index in [1.54, 1.807) is 21.8 Å². The van der Waals surface area contributed by atoms with Crippen LogP contribution >= 0.6 is 22.7 Å². The molecule has 0 aromatic carbocycles. The van der Waals surface area contributed by atoms with Crippen molar-refractivity contribution in [3.05, 3.63) is 22.5 Å². The number of nitrogens with zero attached hydrogens (tertiary/aromatic N) is 7. The van der Waals surface area contributed by atoms with Crippen molar-refractivity contribution < 1.29 is 13.5 Å². The summed E-state index contributed by atoms with van der Waals surface area (Å²) >= 11 is 2.92. The van der Waals surface area contributed by atoms with E-state index in [0.717, 1.165) is 34.4 Å². The average molecular weight is 561 g/mol. The summed E-state index contributed by atoms with van der Waals surface area (Å²) in [4.78, 5) is 17.7. The van der Waals surface area contributed by atoms with Crippen LogP contribution in [0.25, 0.3) is 10.2 Å². The van der Waals surface area contributed by atoms with Crippen molar-refractivity contribution in [1.29, 1.82) is 5.26 Å². The third-order valence-electron chi connectivity index (χ3n) is 7.62. The van der Waals surface area contributed by atoms with Crippen molar-refractivity contribution in [3.63, 3.8) is 0 Å². The van der Waals surface area contributed by atoms with Gasteiger partial charge in [-0.05, 0) is 37.1 Å². The number of hydrogen-bond donors (Lipinski definition) is 2. The maximum atomic E-state index is 13.4. The predicted octanol–water partition coefficient (Wildman–Crippen LogP) is 2.91. The van der Waals surface area contributed by atoms with Crippen LogP contribution in [0.4, 0.5) is 16.9 Å². The van der Waals surface area contributed by atoms with E-state index >= 15 is 0 Å². The summed E-state index contributed by atoms with van der Waals surface area (Å²) in [5, 5.41) is 25.3. The van der Waals surface area contributed by atoms with Crippen LogP contribution in [0.2, 0.25) is 0 Å². The standard InChI is InChI=1S/C23H28N8O3S3/c1-29(22-26-20(19-5-6-35-21(19)28-22)27-23-25-10-18(13-32)36-23)17-7-15-3-2-4-16(8-17)31(15)37(33,34)30-11-14(9-24)12-30/h5-6,10,14-17,32H,2-4,7-8,11-13H2,1H3,(H,25,26,27,28). The first-order chi connectivity index (χ1) is 17.9. The first kappa shape index (κ1) is 24.9. The Bertz CT molecular complexity index is 1430. The summed E-state index contributed by atoms with van der Waals surface area (Å²) in [5.41, 5.74) is 0. The molecule has 2 N–H and O–H groups in total. The Morgan fingerprint density at radius 2 is 2.03 bits per heavy atom. The van der Waals surface area contributed by atoms with Gasteiger partial charge in [0.05, 0.1) is 28.9 Å². The van der Waals surface area contributed by atoms with Gasteiger partial charge in [-0.2, -0.15) is 27.3 Å². The second-order valence-electron chi connectivity index (χ2n) is 9.88. The molecule has 14 heteroatoms. The zero-order valence-electron chi connectivity index (χ0n) is 20.3. The minimum absolute atomic E-state index is 0.0572. The topological polar surface area (TPSA) is 139 Å². The summed E-state index contributed by atoms with van der Waals surface area (Å²) in [7, 11) is -1.58. The molecule has 2 unspecified atom stereocenters. The highest BCUT2D eigenvalue weighted by Gasteiger charge is 2.50. The highest BCUT2D eigenvalue weighted by Crippen LogP contribution is 2.41. The molecule has 2 atom stereocenters. The summed E-state index contributed by atoms with van der Waals surface area (Å²) in [6, 6.07) is 4.12. The maximum Gasteiger partial charge on any atom is 0.282 e. The molecule has 3 aromatic heterocycles. The van der Waals surface area contributed by atoms with Gasteiger partial charge in [0.25, 0.3) is 10.2 Å². The molecule has 3 aliphatic rings. The monoisotopic (exact) mass is 560 g/mol. The Kier molecular flexibility index (Phi) is 6.54. The van der Waals surface area contributed by atoms with Crippen molar-refractivity contribution in [3.8, 4) is 6.07 Å². The van der Waals surface area contributed by atoms with E-state index in [0.29, 0.717) is 42.8 Å². The van der Waals surface area contributed by atoms with Gasteiger partial charge in [-0.15, -0.1) is 11.3 Å². The maximum absolute atomic E-state index is 13.4. The zero-order valence-corrected chi connectivity index (χ0v) is 22.8. The molecule has 0 radical (unpaired) electrons. The lowest BCUT2D eigenvalue weighted by atomic mass is 9.83. The third kappa shape index (κ3) is 4.47. The molecule has 0 saturated carbocycles. The van der Waals surface area contributed by atoms with Crippen LogP contribution in [0.3, 0.4) is 0 Å². The minimum Gasteiger partial charge on any atom is -0.391 e. The second-order valence-corrected chi connectivity index (χ2v) is 13.7. The Morgan fingerprint density at radius 3 is 2.70 bits per heavy atom. The molecule has 2 bridgehead atoms. The number of nitrogens with one attached hydrogen (secondary N) is 1. The Morgan fingerprint density at radius 1 is 1.27 bits per heavy atom. The molecule has 37 heavy (non-hydrogen) atoms. The molecule has 6 rings (SSSR count). The van der Waals surface area contributed by atoms with E-state index in [1.165, 1.54) is 15.6 Å². The Hall–Kier alpha value is -2.41. The SMILES string of the molecule is CN(c1nc(Nc2ncc(CO)s2)c2ccsc2n1)C1CC2CCCC(C1)N2S(=O)(=O)N1CC(C#N)C1. The van der Waals surface area contributed by atoms with Gasteiger partial charge in [-0.3, -0.25) is 0 Å². The molecule has 3 fully saturated rings. The van der Waals surface area contributed by atoms with Gasteiger partial charge in [-0.25, -0.2) is 9.97 Å². The van der Waals surface area contributed by atoms with Gasteiger partial charge in [0.15, 0.2) is 5.13 Å². The summed E-state index contributed by atoms with van der Waals surface area (Å²) in [6.45, 7) is 0.529. The number of thiophene rings is 1. The van der Waals surface area contributed by atoms with E-state index in [9.17, 15) is 13.5 Å². The van der Waals surface area contributed by atoms with E-state index in [4.69, 9.17) is 15.2 Å². The summed E-state index contributed by atoms with van der Waals surface area (Å²) in [5.74, 6) is 1.05. The molecule has 196 valence electrons. The molecule has 0 spiro atoms. The first-order valence-corrected chi connectivity index (χ1v) is 15.5. The summed E-state index contributed by atoms with van der Waals surface area (Å²) in [6.07, 6.45) is 5.77. The third-order valence-corrected chi connectivity index (χ3v) is 11.4. The number of nitriles is 1. The molecule has 3 saturated heterocycles. The molecule has 6 heterocycles. The summed E-state index contributed by atoms with van der Waals surface area (Å²) < 4.78 is 30.1. The van der Waals surface area contributed by atoms with Crippen molar-refractivity contribution in [1.82, 2.24) is 23.6 Å². The van der Waals surface area contributed by atoms with Crippen LogP contribution in [0.15, 0.2) is 17.6 Å². The van der Waals surface area contributed by atoms with Crippen molar-refractivity contribution in [2.45, 2.75) is 56.8 Å². The molecular formula is C23H28N8O3S3. The second kappa shape index (κ2) is 9.72. The van der Waals surface area contributed by atoms with Crippen LogP contribution < -0.4 is 10.2 Å². The number of aliphatic hydroxyl groups excluding tert-OH is 1. The molecule has 0 aliphatic carbocycles. The number of aromatic nitrogens is 3. The Balaban J connectivity index is 1.24. The zero-order chi connectivity index (χ0) is 25.7. The lowest BCUT2D eigenvalue weighted by Gasteiger charge is -2.51. The van der Waals surface area contributed by atoms with Crippen LogP contribution in [0.5, 0.6) is 0 Å². The lowest BCUT2D eigenvalue weighted by Crippen LogP contribution is -2.64. The van der Waals surface area contributed by atoms with E-state index < -0.39 is 10.2 Å². The van der Waals surface area contributed by atoms with Crippen LogP contribution in [-0.4, -0.2) is 75.3 Å². The largest absolute Gasteiger partial charge is 0.391 e.